The van der Waals surface area contributed by atoms with Crippen molar-refractivity contribution in [2.75, 3.05) is 14.1 Å². The van der Waals surface area contributed by atoms with Gasteiger partial charge in [-0.2, -0.15) is 5.10 Å². The van der Waals surface area contributed by atoms with E-state index in [1.807, 2.05) is 42.5 Å². The van der Waals surface area contributed by atoms with Crippen molar-refractivity contribution in [3.8, 4) is 0 Å². The van der Waals surface area contributed by atoms with Crippen molar-refractivity contribution < 1.29 is 4.79 Å². The van der Waals surface area contributed by atoms with E-state index in [2.05, 4.69) is 17.2 Å². The molecule has 0 aliphatic carbocycles. The second kappa shape index (κ2) is 6.91. The molecule has 0 spiro atoms. The van der Waals surface area contributed by atoms with Gasteiger partial charge in [0.15, 0.2) is 0 Å². The molecule has 3 nitrogen and oxygen atoms in total. The maximum atomic E-state index is 11.8. The molecule has 0 atom stereocenters. The quantitative estimate of drug-likeness (QED) is 0.478. The Balaban J connectivity index is 2.05. The molecule has 0 N–H and O–H groups in total. The van der Waals surface area contributed by atoms with Gasteiger partial charge in [0.05, 0.1) is 6.21 Å². The molecule has 0 aliphatic rings. The molecule has 0 heterocycles. The second-order valence-corrected chi connectivity index (χ2v) is 5.54. The zero-order chi connectivity index (χ0) is 14.4. The Kier molecular flexibility index (Phi) is 4.96. The van der Waals surface area contributed by atoms with Gasteiger partial charge in [-0.15, -0.1) is 0 Å². The fourth-order valence-corrected chi connectivity index (χ4v) is 2.39. The summed E-state index contributed by atoms with van der Waals surface area (Å²) in [7, 11) is 3.56. The van der Waals surface area contributed by atoms with Crippen molar-refractivity contribution in [3.63, 3.8) is 0 Å². The number of hydrogen-bond donors (Lipinski definition) is 0. The third kappa shape index (κ3) is 4.24. The molecule has 2 aromatic carbocycles. The normalized spacial score (nSPS) is 10.7. The number of rotatable bonds is 5. The summed E-state index contributed by atoms with van der Waals surface area (Å²) in [6.07, 6.45) is 1.33. The molecular formula is C16H16N2OS. The van der Waals surface area contributed by atoms with Crippen LogP contribution in [0.5, 0.6) is 0 Å². The first kappa shape index (κ1) is 14.3. The van der Waals surface area contributed by atoms with Crippen LogP contribution in [0.1, 0.15) is 10.4 Å². The fraction of sp³-hybridized carbons (Fsp3) is 0.125. The number of benzene rings is 2. The van der Waals surface area contributed by atoms with E-state index in [4.69, 9.17) is 0 Å². The molecule has 0 aromatic heterocycles. The first-order valence-electron chi connectivity index (χ1n) is 6.24. The molecule has 0 saturated carbocycles. The fourth-order valence-electron chi connectivity index (χ4n) is 1.55. The Bertz CT molecular complexity index is 592. The molecule has 0 radical (unpaired) electrons. The summed E-state index contributed by atoms with van der Waals surface area (Å²) in [6.45, 7) is 0. The van der Waals surface area contributed by atoms with Crippen LogP contribution < -0.4 is 0 Å². The number of nitrogens with zero attached hydrogens (tertiary/aromatic N) is 2. The molecule has 0 saturated heterocycles. The van der Waals surface area contributed by atoms with E-state index in [1.54, 1.807) is 30.9 Å². The average Bonchev–Trinajstić information content (AvgIpc) is 2.46. The highest BCUT2D eigenvalue weighted by molar-refractivity contribution is 7.99. The molecule has 4 heteroatoms. The number of ketones is 1. The molecule has 0 unspecified atom stereocenters. The summed E-state index contributed by atoms with van der Waals surface area (Å²) in [5.74, 6) is -0.0880. The number of hydrazone groups is 1. The van der Waals surface area contributed by atoms with Crippen molar-refractivity contribution in [2.45, 2.75) is 9.79 Å². The molecule has 0 amide bonds. The number of hydrogen-bond acceptors (Lipinski definition) is 4. The minimum Gasteiger partial charge on any atom is -0.303 e. The van der Waals surface area contributed by atoms with Crippen LogP contribution >= 0.6 is 11.8 Å². The van der Waals surface area contributed by atoms with E-state index in [1.165, 1.54) is 11.1 Å². The average molecular weight is 284 g/mol. The molecule has 2 aromatic rings. The topological polar surface area (TPSA) is 32.7 Å². The standard InChI is InChI=1S/C16H16N2OS/c1-18(2)17-12-16(19)13-8-10-15(11-9-13)20-14-6-4-3-5-7-14/h3-12H,1-2H3/b17-12+. The van der Waals surface area contributed by atoms with Gasteiger partial charge in [0.2, 0.25) is 5.78 Å². The monoisotopic (exact) mass is 284 g/mol. The van der Waals surface area contributed by atoms with E-state index in [9.17, 15) is 4.79 Å². The van der Waals surface area contributed by atoms with Gasteiger partial charge >= 0.3 is 0 Å². The van der Waals surface area contributed by atoms with Crippen LogP contribution in [0.25, 0.3) is 0 Å². The van der Waals surface area contributed by atoms with E-state index < -0.39 is 0 Å². The SMILES string of the molecule is CN(C)/N=C/C(=O)c1ccc(Sc2ccccc2)cc1. The number of carbonyl (C=O) groups is 1. The van der Waals surface area contributed by atoms with Crippen LogP contribution in [-0.2, 0) is 0 Å². The van der Waals surface area contributed by atoms with Gasteiger partial charge in [-0.25, -0.2) is 0 Å². The summed E-state index contributed by atoms with van der Waals surface area (Å²) in [5.41, 5.74) is 0.646. The predicted octanol–water partition coefficient (Wildman–Crippen LogP) is 3.57. The Morgan fingerprint density at radius 2 is 1.60 bits per heavy atom. The van der Waals surface area contributed by atoms with Crippen LogP contribution in [0.2, 0.25) is 0 Å². The molecule has 0 fully saturated rings. The second-order valence-electron chi connectivity index (χ2n) is 4.40. The van der Waals surface area contributed by atoms with Gasteiger partial charge in [0.1, 0.15) is 0 Å². The maximum absolute atomic E-state index is 11.8. The van der Waals surface area contributed by atoms with Gasteiger partial charge in [0, 0.05) is 29.4 Å². The first-order chi connectivity index (χ1) is 9.65. The predicted molar refractivity (Wildman–Crippen MR) is 83.5 cm³/mol. The lowest BCUT2D eigenvalue weighted by molar-refractivity contribution is 0.106. The lowest BCUT2D eigenvalue weighted by Gasteiger charge is -2.03. The number of Topliss-reactive ketones (excluding diaryl/α,β-unsaturated/α-hetero) is 1. The third-order valence-corrected chi connectivity index (χ3v) is 3.54. The van der Waals surface area contributed by atoms with Gasteiger partial charge in [-0.1, -0.05) is 30.0 Å². The minimum atomic E-state index is -0.0880. The molecule has 2 rings (SSSR count). The Morgan fingerprint density at radius 3 is 2.20 bits per heavy atom. The van der Waals surface area contributed by atoms with Crippen LogP contribution in [0.3, 0.4) is 0 Å². The molecule has 0 aliphatic heterocycles. The van der Waals surface area contributed by atoms with Crippen LogP contribution in [0.4, 0.5) is 0 Å². The minimum absolute atomic E-state index is 0.0880. The highest BCUT2D eigenvalue weighted by Gasteiger charge is 2.03. The Hall–Kier alpha value is -2.07. The summed E-state index contributed by atoms with van der Waals surface area (Å²) in [4.78, 5) is 14.1. The zero-order valence-corrected chi connectivity index (χ0v) is 12.3. The van der Waals surface area contributed by atoms with Crippen molar-refractivity contribution in [3.05, 3.63) is 60.2 Å². The van der Waals surface area contributed by atoms with Crippen LogP contribution in [0, 0.1) is 0 Å². The smallest absolute Gasteiger partial charge is 0.205 e. The maximum Gasteiger partial charge on any atom is 0.205 e. The van der Waals surface area contributed by atoms with E-state index in [-0.39, 0.29) is 5.78 Å². The molecule has 0 bridgehead atoms. The van der Waals surface area contributed by atoms with Crippen LogP contribution in [-0.4, -0.2) is 31.1 Å². The molecule has 102 valence electrons. The first-order valence-corrected chi connectivity index (χ1v) is 7.05. The van der Waals surface area contributed by atoms with E-state index in [0.29, 0.717) is 5.56 Å². The lowest BCUT2D eigenvalue weighted by Crippen LogP contribution is -2.07. The van der Waals surface area contributed by atoms with Gasteiger partial charge < -0.3 is 5.01 Å². The van der Waals surface area contributed by atoms with Crippen molar-refractivity contribution in [1.82, 2.24) is 5.01 Å². The summed E-state index contributed by atoms with van der Waals surface area (Å²) in [6, 6.07) is 17.7. The van der Waals surface area contributed by atoms with Gasteiger partial charge in [-0.3, -0.25) is 4.79 Å². The van der Waals surface area contributed by atoms with Gasteiger partial charge in [-0.05, 0) is 36.4 Å². The van der Waals surface area contributed by atoms with Crippen molar-refractivity contribution >= 4 is 23.8 Å². The highest BCUT2D eigenvalue weighted by Crippen LogP contribution is 2.27. The largest absolute Gasteiger partial charge is 0.303 e. The number of carbonyl (C=O) groups excluding carboxylic acids is 1. The lowest BCUT2D eigenvalue weighted by atomic mass is 10.1. The molecule has 20 heavy (non-hydrogen) atoms. The van der Waals surface area contributed by atoms with Crippen LogP contribution in [0.15, 0.2) is 69.5 Å². The van der Waals surface area contributed by atoms with Crippen molar-refractivity contribution in [1.29, 1.82) is 0 Å². The molecular weight excluding hydrogens is 268 g/mol. The highest BCUT2D eigenvalue weighted by atomic mass is 32.2. The Labute approximate surface area is 123 Å². The van der Waals surface area contributed by atoms with E-state index >= 15 is 0 Å². The Morgan fingerprint density at radius 1 is 1.00 bits per heavy atom. The summed E-state index contributed by atoms with van der Waals surface area (Å²) in [5, 5.41) is 5.54. The van der Waals surface area contributed by atoms with Gasteiger partial charge in [0.25, 0.3) is 0 Å². The zero-order valence-electron chi connectivity index (χ0n) is 11.5. The summed E-state index contributed by atoms with van der Waals surface area (Å²) >= 11 is 1.67. The summed E-state index contributed by atoms with van der Waals surface area (Å²) < 4.78 is 0. The third-order valence-electron chi connectivity index (χ3n) is 2.52. The van der Waals surface area contributed by atoms with Crippen molar-refractivity contribution in [2.24, 2.45) is 5.10 Å². The van der Waals surface area contributed by atoms with E-state index in [0.717, 1.165) is 4.90 Å².